The van der Waals surface area contributed by atoms with Gasteiger partial charge in [-0.3, -0.25) is 4.79 Å². The van der Waals surface area contributed by atoms with Gasteiger partial charge in [-0.1, -0.05) is 13.8 Å². The smallest absolute Gasteiger partial charge is 0.342 e. The Labute approximate surface area is 195 Å². The van der Waals surface area contributed by atoms with Crippen molar-refractivity contribution >= 4 is 5.91 Å². The standard InChI is InChI=1S/C22H18F6N6O/c1-11(2)18-32-19(34(33-18)17-5-4-13(9-29)10-30-17)12(3)31-20(35)14-6-15(21(23,24)25)8-16(7-14)22(26,27)28/h4-8,10-12H,1-3H3,(H,31,35)/t12-/m0/s1. The Morgan fingerprint density at radius 3 is 2.09 bits per heavy atom. The Morgan fingerprint density at radius 2 is 1.63 bits per heavy atom. The lowest BCUT2D eigenvalue weighted by Gasteiger charge is -2.17. The first-order valence-electron chi connectivity index (χ1n) is 10.1. The van der Waals surface area contributed by atoms with Crippen molar-refractivity contribution in [2.45, 2.75) is 45.1 Å². The Morgan fingerprint density at radius 1 is 1.03 bits per heavy atom. The van der Waals surface area contributed by atoms with Crippen molar-refractivity contribution < 1.29 is 31.1 Å². The molecule has 0 saturated heterocycles. The number of halogens is 6. The van der Waals surface area contributed by atoms with Gasteiger partial charge in [0.15, 0.2) is 17.5 Å². The van der Waals surface area contributed by atoms with Crippen LogP contribution in [0.4, 0.5) is 26.3 Å². The Hall–Kier alpha value is -3.95. The predicted molar refractivity (Wildman–Crippen MR) is 110 cm³/mol. The number of nitrogens with one attached hydrogen (secondary N) is 1. The Bertz CT molecular complexity index is 1240. The van der Waals surface area contributed by atoms with Crippen LogP contribution in [0.3, 0.4) is 0 Å². The van der Waals surface area contributed by atoms with E-state index in [1.165, 1.54) is 29.9 Å². The molecule has 0 fully saturated rings. The number of carbonyl (C=O) groups is 1. The summed E-state index contributed by atoms with van der Waals surface area (Å²) in [6.07, 6.45) is -8.88. The van der Waals surface area contributed by atoms with Gasteiger partial charge in [0.05, 0.1) is 22.7 Å². The zero-order valence-corrected chi connectivity index (χ0v) is 18.5. The molecular formula is C22H18F6N6O. The second-order valence-corrected chi connectivity index (χ2v) is 7.90. The second-order valence-electron chi connectivity index (χ2n) is 7.90. The lowest BCUT2D eigenvalue weighted by Crippen LogP contribution is -2.29. The highest BCUT2D eigenvalue weighted by Crippen LogP contribution is 2.36. The zero-order chi connectivity index (χ0) is 26.1. The fourth-order valence-corrected chi connectivity index (χ4v) is 3.04. The van der Waals surface area contributed by atoms with E-state index in [9.17, 15) is 31.1 Å². The van der Waals surface area contributed by atoms with Gasteiger partial charge in [0.1, 0.15) is 6.07 Å². The molecule has 3 rings (SSSR count). The van der Waals surface area contributed by atoms with Gasteiger partial charge < -0.3 is 5.32 Å². The van der Waals surface area contributed by atoms with Crippen LogP contribution in [0.15, 0.2) is 36.5 Å². The van der Waals surface area contributed by atoms with Crippen molar-refractivity contribution in [1.29, 1.82) is 5.26 Å². The molecule has 0 saturated carbocycles. The summed E-state index contributed by atoms with van der Waals surface area (Å²) in [5.41, 5.74) is -3.73. The lowest BCUT2D eigenvalue weighted by atomic mass is 10.0. The van der Waals surface area contributed by atoms with E-state index in [4.69, 9.17) is 5.26 Å². The zero-order valence-electron chi connectivity index (χ0n) is 18.5. The van der Waals surface area contributed by atoms with Crippen LogP contribution < -0.4 is 5.32 Å². The molecule has 35 heavy (non-hydrogen) atoms. The second kappa shape index (κ2) is 9.36. The Balaban J connectivity index is 1.99. The number of alkyl halides is 6. The average Bonchev–Trinajstić information content (AvgIpc) is 3.23. The predicted octanol–water partition coefficient (Wildman–Crippen LogP) is 5.19. The summed E-state index contributed by atoms with van der Waals surface area (Å²) in [5, 5.41) is 15.7. The van der Waals surface area contributed by atoms with Gasteiger partial charge in [0.25, 0.3) is 5.91 Å². The number of nitrogens with zero attached hydrogens (tertiary/aromatic N) is 5. The minimum Gasteiger partial charge on any atom is -0.342 e. The van der Waals surface area contributed by atoms with E-state index in [-0.39, 0.29) is 29.2 Å². The highest BCUT2D eigenvalue weighted by atomic mass is 19.4. The summed E-state index contributed by atoms with van der Waals surface area (Å²) >= 11 is 0. The average molecular weight is 496 g/mol. The minimum atomic E-state index is -5.09. The summed E-state index contributed by atoms with van der Waals surface area (Å²) < 4.78 is 80.2. The molecule has 0 aliphatic carbocycles. The van der Waals surface area contributed by atoms with Crippen LogP contribution in [0.2, 0.25) is 0 Å². The summed E-state index contributed by atoms with van der Waals surface area (Å²) in [6.45, 7) is 5.06. The van der Waals surface area contributed by atoms with Crippen LogP contribution >= 0.6 is 0 Å². The molecule has 2 heterocycles. The number of rotatable bonds is 5. The highest BCUT2D eigenvalue weighted by molar-refractivity contribution is 5.94. The molecule has 0 spiro atoms. The first-order valence-corrected chi connectivity index (χ1v) is 10.1. The molecular weight excluding hydrogens is 478 g/mol. The molecule has 1 aromatic carbocycles. The molecule has 184 valence electrons. The SMILES string of the molecule is CC(C)c1nc([C@H](C)NC(=O)c2cc(C(F)(F)F)cc(C(F)(F)F)c2)n(-c2ccc(C#N)cn2)n1. The first-order chi connectivity index (χ1) is 16.2. The third-order valence-electron chi connectivity index (χ3n) is 4.84. The van der Waals surface area contributed by atoms with Crippen molar-refractivity contribution in [3.8, 4) is 11.9 Å². The van der Waals surface area contributed by atoms with E-state index in [0.717, 1.165) is 0 Å². The molecule has 1 N–H and O–H groups in total. The van der Waals surface area contributed by atoms with E-state index in [1.54, 1.807) is 13.8 Å². The summed E-state index contributed by atoms with van der Waals surface area (Å²) in [6, 6.07) is 4.55. The molecule has 0 unspecified atom stereocenters. The quantitative estimate of drug-likeness (QED) is 0.491. The van der Waals surface area contributed by atoms with Gasteiger partial charge in [-0.05, 0) is 37.3 Å². The van der Waals surface area contributed by atoms with Crippen molar-refractivity contribution in [3.05, 3.63) is 70.4 Å². The van der Waals surface area contributed by atoms with Crippen LogP contribution in [-0.2, 0) is 12.4 Å². The van der Waals surface area contributed by atoms with Gasteiger partial charge in [-0.15, -0.1) is 5.10 Å². The number of aromatic nitrogens is 4. The number of amides is 1. The number of carbonyl (C=O) groups excluding carboxylic acids is 1. The number of pyridine rings is 1. The number of hydrogen-bond acceptors (Lipinski definition) is 5. The summed E-state index contributed by atoms with van der Waals surface area (Å²) in [7, 11) is 0. The van der Waals surface area contributed by atoms with Crippen molar-refractivity contribution in [3.63, 3.8) is 0 Å². The number of hydrogen-bond donors (Lipinski definition) is 1. The Kier molecular flexibility index (Phi) is 6.86. The molecule has 13 heteroatoms. The van der Waals surface area contributed by atoms with Gasteiger partial charge >= 0.3 is 12.4 Å². The monoisotopic (exact) mass is 496 g/mol. The summed E-state index contributed by atoms with van der Waals surface area (Å²) in [5.74, 6) is -0.553. The van der Waals surface area contributed by atoms with Crippen molar-refractivity contribution in [2.24, 2.45) is 0 Å². The van der Waals surface area contributed by atoms with Gasteiger partial charge in [-0.25, -0.2) is 9.97 Å². The fourth-order valence-electron chi connectivity index (χ4n) is 3.04. The van der Waals surface area contributed by atoms with Gasteiger partial charge in [-0.2, -0.15) is 36.3 Å². The van der Waals surface area contributed by atoms with Crippen LogP contribution in [0.1, 0.15) is 71.4 Å². The number of nitriles is 1. The number of benzene rings is 1. The van der Waals surface area contributed by atoms with E-state index in [0.29, 0.717) is 18.0 Å². The van der Waals surface area contributed by atoms with Crippen molar-refractivity contribution in [1.82, 2.24) is 25.1 Å². The molecule has 3 aromatic rings. The maximum Gasteiger partial charge on any atom is 0.416 e. The topological polar surface area (TPSA) is 96.5 Å². The maximum absolute atomic E-state index is 13.2. The highest BCUT2D eigenvalue weighted by Gasteiger charge is 2.37. The first kappa shape index (κ1) is 25.7. The minimum absolute atomic E-state index is 0.0533. The fraction of sp³-hybridized carbons (Fsp3) is 0.318. The molecule has 1 amide bonds. The lowest BCUT2D eigenvalue weighted by molar-refractivity contribution is -0.143. The molecule has 0 aliphatic rings. The molecule has 1 atom stereocenters. The van der Waals surface area contributed by atoms with Crippen LogP contribution in [0, 0.1) is 11.3 Å². The van der Waals surface area contributed by atoms with Gasteiger partial charge in [0, 0.05) is 17.7 Å². The van der Waals surface area contributed by atoms with E-state index in [1.807, 2.05) is 6.07 Å². The van der Waals surface area contributed by atoms with E-state index in [2.05, 4.69) is 20.4 Å². The molecule has 0 bridgehead atoms. The third kappa shape index (κ3) is 5.76. The van der Waals surface area contributed by atoms with E-state index < -0.39 is 41.0 Å². The largest absolute Gasteiger partial charge is 0.416 e. The van der Waals surface area contributed by atoms with Crippen LogP contribution in [0.5, 0.6) is 0 Å². The molecule has 0 radical (unpaired) electrons. The van der Waals surface area contributed by atoms with Gasteiger partial charge in [0.2, 0.25) is 0 Å². The molecule has 7 nitrogen and oxygen atoms in total. The van der Waals surface area contributed by atoms with Crippen LogP contribution in [-0.4, -0.2) is 25.7 Å². The summed E-state index contributed by atoms with van der Waals surface area (Å²) in [4.78, 5) is 21.2. The van der Waals surface area contributed by atoms with E-state index >= 15 is 0 Å². The molecule has 0 aliphatic heterocycles. The maximum atomic E-state index is 13.2. The molecule has 2 aromatic heterocycles. The van der Waals surface area contributed by atoms with Crippen LogP contribution in [0.25, 0.3) is 5.82 Å². The third-order valence-corrected chi connectivity index (χ3v) is 4.84. The van der Waals surface area contributed by atoms with Crippen molar-refractivity contribution in [2.75, 3.05) is 0 Å². The normalized spacial score (nSPS) is 12.9.